The Balaban J connectivity index is 2.26. The average molecular weight is 258 g/mol. The first-order valence-electron chi connectivity index (χ1n) is 7.02. The predicted octanol–water partition coefficient (Wildman–Crippen LogP) is 3.52. The van der Waals surface area contributed by atoms with E-state index in [1.54, 1.807) is 0 Å². The van der Waals surface area contributed by atoms with E-state index in [0.717, 1.165) is 30.7 Å². The molecule has 0 bridgehead atoms. The lowest BCUT2D eigenvalue weighted by atomic mass is 10.00. The standard InChI is InChI=1S/C16H22N2O/c1-3-8-15-17-11-12-18(15)14(4-2)16(19)13-9-6-5-7-10-13/h5-7,9-12,14,16,19H,3-4,8H2,1-2H3. The molecule has 3 heteroatoms. The highest BCUT2D eigenvalue weighted by Crippen LogP contribution is 2.30. The summed E-state index contributed by atoms with van der Waals surface area (Å²) in [6.07, 6.45) is 6.20. The minimum atomic E-state index is -0.490. The molecular formula is C16H22N2O. The van der Waals surface area contributed by atoms with Gasteiger partial charge in [0.25, 0.3) is 0 Å². The molecule has 0 fully saturated rings. The van der Waals surface area contributed by atoms with E-state index in [-0.39, 0.29) is 6.04 Å². The number of aromatic nitrogens is 2. The van der Waals surface area contributed by atoms with Crippen LogP contribution in [0.4, 0.5) is 0 Å². The van der Waals surface area contributed by atoms with Gasteiger partial charge in [0.05, 0.1) is 12.1 Å². The number of imidazole rings is 1. The van der Waals surface area contributed by atoms with Gasteiger partial charge in [-0.1, -0.05) is 44.2 Å². The Morgan fingerprint density at radius 3 is 2.58 bits per heavy atom. The molecular weight excluding hydrogens is 236 g/mol. The van der Waals surface area contributed by atoms with Crippen molar-refractivity contribution in [2.45, 2.75) is 45.3 Å². The van der Waals surface area contributed by atoms with Crippen LogP contribution in [0, 0.1) is 0 Å². The van der Waals surface area contributed by atoms with Gasteiger partial charge in [-0.25, -0.2) is 4.98 Å². The van der Waals surface area contributed by atoms with Crippen LogP contribution in [-0.2, 0) is 6.42 Å². The monoisotopic (exact) mass is 258 g/mol. The maximum absolute atomic E-state index is 10.6. The summed E-state index contributed by atoms with van der Waals surface area (Å²) in [4.78, 5) is 4.40. The first-order chi connectivity index (χ1) is 9.27. The Kier molecular flexibility index (Phi) is 4.74. The van der Waals surface area contributed by atoms with Crippen molar-refractivity contribution in [2.75, 3.05) is 0 Å². The van der Waals surface area contributed by atoms with Crippen LogP contribution < -0.4 is 0 Å². The molecule has 2 rings (SSSR count). The molecule has 0 aliphatic carbocycles. The highest BCUT2D eigenvalue weighted by atomic mass is 16.3. The molecule has 0 spiro atoms. The van der Waals surface area contributed by atoms with Gasteiger partial charge < -0.3 is 9.67 Å². The minimum Gasteiger partial charge on any atom is -0.386 e. The normalized spacial score (nSPS) is 14.3. The number of hydrogen-bond donors (Lipinski definition) is 1. The zero-order valence-electron chi connectivity index (χ0n) is 11.7. The van der Waals surface area contributed by atoms with Crippen LogP contribution in [-0.4, -0.2) is 14.7 Å². The summed E-state index contributed by atoms with van der Waals surface area (Å²) >= 11 is 0. The fourth-order valence-electron chi connectivity index (χ4n) is 2.51. The number of hydrogen-bond acceptors (Lipinski definition) is 2. The number of benzene rings is 1. The van der Waals surface area contributed by atoms with Gasteiger partial charge in [0.1, 0.15) is 5.82 Å². The summed E-state index contributed by atoms with van der Waals surface area (Å²) in [7, 11) is 0. The SMILES string of the molecule is CCCc1nccn1C(CC)C(O)c1ccccc1. The molecule has 102 valence electrons. The van der Waals surface area contributed by atoms with Gasteiger partial charge >= 0.3 is 0 Å². The highest BCUT2D eigenvalue weighted by molar-refractivity contribution is 5.19. The van der Waals surface area contributed by atoms with E-state index in [1.807, 2.05) is 42.7 Å². The zero-order chi connectivity index (χ0) is 13.7. The molecule has 0 radical (unpaired) electrons. The van der Waals surface area contributed by atoms with E-state index in [1.165, 1.54) is 0 Å². The summed E-state index contributed by atoms with van der Waals surface area (Å²) in [6.45, 7) is 4.25. The fourth-order valence-corrected chi connectivity index (χ4v) is 2.51. The Morgan fingerprint density at radius 1 is 1.21 bits per heavy atom. The predicted molar refractivity (Wildman–Crippen MR) is 77.0 cm³/mol. The molecule has 19 heavy (non-hydrogen) atoms. The Labute approximate surface area is 114 Å². The van der Waals surface area contributed by atoms with Crippen molar-refractivity contribution in [3.05, 3.63) is 54.1 Å². The van der Waals surface area contributed by atoms with E-state index in [4.69, 9.17) is 0 Å². The van der Waals surface area contributed by atoms with Crippen molar-refractivity contribution in [1.82, 2.24) is 9.55 Å². The molecule has 1 N–H and O–H groups in total. The van der Waals surface area contributed by atoms with E-state index < -0.39 is 6.10 Å². The van der Waals surface area contributed by atoms with Crippen LogP contribution >= 0.6 is 0 Å². The molecule has 2 atom stereocenters. The second-order valence-electron chi connectivity index (χ2n) is 4.83. The van der Waals surface area contributed by atoms with E-state index in [0.29, 0.717) is 0 Å². The molecule has 3 nitrogen and oxygen atoms in total. The van der Waals surface area contributed by atoms with Crippen molar-refractivity contribution in [3.8, 4) is 0 Å². The molecule has 0 saturated carbocycles. The van der Waals surface area contributed by atoms with Gasteiger partial charge in [-0.15, -0.1) is 0 Å². The number of aliphatic hydroxyl groups is 1. The maximum atomic E-state index is 10.6. The first kappa shape index (κ1) is 13.8. The van der Waals surface area contributed by atoms with Gasteiger partial charge in [-0.3, -0.25) is 0 Å². The minimum absolute atomic E-state index is 0.0476. The Hall–Kier alpha value is -1.61. The fraction of sp³-hybridized carbons (Fsp3) is 0.438. The van der Waals surface area contributed by atoms with Crippen LogP contribution in [0.1, 0.15) is 50.2 Å². The smallest absolute Gasteiger partial charge is 0.108 e. The third-order valence-corrected chi connectivity index (χ3v) is 3.50. The van der Waals surface area contributed by atoms with Gasteiger partial charge in [-0.05, 0) is 18.4 Å². The molecule has 0 saturated heterocycles. The molecule has 2 aromatic rings. The summed E-state index contributed by atoms with van der Waals surface area (Å²) in [5, 5.41) is 10.6. The van der Waals surface area contributed by atoms with Crippen LogP contribution in [0.15, 0.2) is 42.7 Å². The number of nitrogens with zero attached hydrogens (tertiary/aromatic N) is 2. The second kappa shape index (κ2) is 6.53. The zero-order valence-corrected chi connectivity index (χ0v) is 11.7. The number of rotatable bonds is 6. The third-order valence-electron chi connectivity index (χ3n) is 3.50. The van der Waals surface area contributed by atoms with Crippen molar-refractivity contribution < 1.29 is 5.11 Å². The lowest BCUT2D eigenvalue weighted by Crippen LogP contribution is -2.19. The van der Waals surface area contributed by atoms with Crippen LogP contribution in [0.25, 0.3) is 0 Å². The highest BCUT2D eigenvalue weighted by Gasteiger charge is 2.22. The van der Waals surface area contributed by atoms with Crippen LogP contribution in [0.2, 0.25) is 0 Å². The lowest BCUT2D eigenvalue weighted by molar-refractivity contribution is 0.109. The molecule has 0 aliphatic rings. The van der Waals surface area contributed by atoms with Gasteiger partial charge in [0, 0.05) is 18.8 Å². The van der Waals surface area contributed by atoms with Crippen molar-refractivity contribution in [1.29, 1.82) is 0 Å². The molecule has 1 aromatic carbocycles. The van der Waals surface area contributed by atoms with E-state index in [2.05, 4.69) is 23.4 Å². The van der Waals surface area contributed by atoms with Crippen LogP contribution in [0.5, 0.6) is 0 Å². The number of aliphatic hydroxyl groups excluding tert-OH is 1. The second-order valence-corrected chi connectivity index (χ2v) is 4.83. The van der Waals surface area contributed by atoms with Crippen molar-refractivity contribution >= 4 is 0 Å². The van der Waals surface area contributed by atoms with Gasteiger partial charge in [0.15, 0.2) is 0 Å². The summed E-state index contributed by atoms with van der Waals surface area (Å²) in [6, 6.07) is 9.90. The molecule has 1 heterocycles. The Morgan fingerprint density at radius 2 is 1.95 bits per heavy atom. The topological polar surface area (TPSA) is 38.0 Å². The van der Waals surface area contributed by atoms with Crippen LogP contribution in [0.3, 0.4) is 0 Å². The Bertz CT molecular complexity index is 492. The molecule has 1 aromatic heterocycles. The summed E-state index contributed by atoms with van der Waals surface area (Å²) < 4.78 is 2.13. The summed E-state index contributed by atoms with van der Waals surface area (Å²) in [5.74, 6) is 1.06. The molecule has 2 unspecified atom stereocenters. The molecule has 0 aliphatic heterocycles. The molecule has 0 amide bonds. The van der Waals surface area contributed by atoms with E-state index in [9.17, 15) is 5.11 Å². The third kappa shape index (κ3) is 3.04. The quantitative estimate of drug-likeness (QED) is 0.861. The maximum Gasteiger partial charge on any atom is 0.108 e. The lowest BCUT2D eigenvalue weighted by Gasteiger charge is -2.25. The largest absolute Gasteiger partial charge is 0.386 e. The average Bonchev–Trinajstić information content (AvgIpc) is 2.89. The van der Waals surface area contributed by atoms with Gasteiger partial charge in [0.2, 0.25) is 0 Å². The van der Waals surface area contributed by atoms with E-state index >= 15 is 0 Å². The van der Waals surface area contributed by atoms with Crippen molar-refractivity contribution in [3.63, 3.8) is 0 Å². The first-order valence-corrected chi connectivity index (χ1v) is 7.02. The number of aryl methyl sites for hydroxylation is 1. The van der Waals surface area contributed by atoms with Crippen molar-refractivity contribution in [2.24, 2.45) is 0 Å². The van der Waals surface area contributed by atoms with Gasteiger partial charge in [-0.2, -0.15) is 0 Å². The summed E-state index contributed by atoms with van der Waals surface area (Å²) in [5.41, 5.74) is 0.963.